The lowest BCUT2D eigenvalue weighted by Gasteiger charge is -2.24. The first-order valence-electron chi connectivity index (χ1n) is 5.89. The molecular formula is C13H16N2S. The average molecular weight is 232 g/mol. The highest BCUT2D eigenvalue weighted by atomic mass is 32.1. The van der Waals surface area contributed by atoms with Gasteiger partial charge in [0.1, 0.15) is 0 Å². The summed E-state index contributed by atoms with van der Waals surface area (Å²) in [4.78, 5) is 4.63. The fourth-order valence-electron chi connectivity index (χ4n) is 2.46. The Bertz CT molecular complexity index is 464. The van der Waals surface area contributed by atoms with Gasteiger partial charge in [-0.2, -0.15) is 0 Å². The van der Waals surface area contributed by atoms with Crippen LogP contribution < -0.4 is 5.32 Å². The van der Waals surface area contributed by atoms with E-state index < -0.39 is 0 Å². The Labute approximate surface area is 99.7 Å². The molecule has 84 valence electrons. The van der Waals surface area contributed by atoms with Crippen molar-refractivity contribution in [3.05, 3.63) is 24.3 Å². The molecule has 0 amide bonds. The van der Waals surface area contributed by atoms with Gasteiger partial charge in [0.15, 0.2) is 5.13 Å². The summed E-state index contributed by atoms with van der Waals surface area (Å²) in [7, 11) is 0. The second-order valence-electron chi connectivity index (χ2n) is 4.88. The number of fused-ring (bicyclic) bond motifs is 1. The van der Waals surface area contributed by atoms with Crippen molar-refractivity contribution in [2.24, 2.45) is 0 Å². The smallest absolute Gasteiger partial charge is 0.184 e. The molecule has 1 fully saturated rings. The Balaban J connectivity index is 1.89. The third-order valence-corrected chi connectivity index (χ3v) is 4.36. The second kappa shape index (κ2) is 3.74. The maximum atomic E-state index is 4.63. The zero-order chi connectivity index (χ0) is 11.0. The molecule has 2 nitrogen and oxygen atoms in total. The van der Waals surface area contributed by atoms with Gasteiger partial charge in [0.25, 0.3) is 0 Å². The van der Waals surface area contributed by atoms with Gasteiger partial charge in [-0.15, -0.1) is 0 Å². The lowest BCUT2D eigenvalue weighted by molar-refractivity contribution is 0.533. The molecular weight excluding hydrogens is 216 g/mol. The van der Waals surface area contributed by atoms with E-state index in [4.69, 9.17) is 0 Å². The van der Waals surface area contributed by atoms with E-state index in [1.165, 1.54) is 30.4 Å². The molecule has 3 rings (SSSR count). The summed E-state index contributed by atoms with van der Waals surface area (Å²) >= 11 is 1.76. The van der Waals surface area contributed by atoms with E-state index >= 15 is 0 Å². The Morgan fingerprint density at radius 2 is 2.00 bits per heavy atom. The lowest BCUT2D eigenvalue weighted by atomic mass is 10.0. The number of anilines is 1. The van der Waals surface area contributed by atoms with Crippen molar-refractivity contribution in [2.75, 3.05) is 5.32 Å². The Morgan fingerprint density at radius 1 is 1.25 bits per heavy atom. The minimum Gasteiger partial charge on any atom is -0.356 e. The second-order valence-corrected chi connectivity index (χ2v) is 5.91. The van der Waals surface area contributed by atoms with Crippen LogP contribution in [-0.4, -0.2) is 10.5 Å². The highest BCUT2D eigenvalue weighted by Crippen LogP contribution is 2.35. The largest absolute Gasteiger partial charge is 0.356 e. The van der Waals surface area contributed by atoms with Crippen LogP contribution in [0.1, 0.15) is 32.6 Å². The predicted molar refractivity (Wildman–Crippen MR) is 70.1 cm³/mol. The van der Waals surface area contributed by atoms with Crippen LogP contribution in [0.2, 0.25) is 0 Å². The normalized spacial score (nSPS) is 19.1. The third kappa shape index (κ3) is 1.80. The minimum atomic E-state index is 0.272. The van der Waals surface area contributed by atoms with Gasteiger partial charge in [-0.25, -0.2) is 4.98 Å². The molecule has 3 heteroatoms. The molecule has 1 aromatic heterocycles. The fraction of sp³-hybridized carbons (Fsp3) is 0.462. The highest BCUT2D eigenvalue weighted by molar-refractivity contribution is 7.22. The number of nitrogens with zero attached hydrogens (tertiary/aromatic N) is 1. The molecule has 0 unspecified atom stereocenters. The molecule has 1 N–H and O–H groups in total. The molecule has 2 aromatic rings. The van der Waals surface area contributed by atoms with Gasteiger partial charge in [-0.05, 0) is 31.9 Å². The minimum absolute atomic E-state index is 0.272. The zero-order valence-corrected chi connectivity index (χ0v) is 10.3. The molecule has 1 saturated carbocycles. The SMILES string of the molecule is CC1(Nc2nc3ccccc3s2)CCCC1. The first-order chi connectivity index (χ1) is 7.75. The number of hydrogen-bond acceptors (Lipinski definition) is 3. The van der Waals surface area contributed by atoms with Crippen LogP contribution >= 0.6 is 11.3 Å². The number of thiazole rings is 1. The molecule has 1 heterocycles. The molecule has 1 aromatic carbocycles. The predicted octanol–water partition coefficient (Wildman–Crippen LogP) is 4.04. The molecule has 0 radical (unpaired) electrons. The summed E-state index contributed by atoms with van der Waals surface area (Å²) in [6, 6.07) is 8.33. The van der Waals surface area contributed by atoms with Crippen molar-refractivity contribution >= 4 is 26.7 Å². The molecule has 16 heavy (non-hydrogen) atoms. The van der Waals surface area contributed by atoms with E-state index in [2.05, 4.69) is 35.4 Å². The van der Waals surface area contributed by atoms with Gasteiger partial charge < -0.3 is 5.32 Å². The average Bonchev–Trinajstić information content (AvgIpc) is 2.84. The van der Waals surface area contributed by atoms with Crippen LogP contribution in [0.15, 0.2) is 24.3 Å². The summed E-state index contributed by atoms with van der Waals surface area (Å²) in [5, 5.41) is 4.69. The van der Waals surface area contributed by atoms with Crippen LogP contribution in [0, 0.1) is 0 Å². The number of benzene rings is 1. The highest BCUT2D eigenvalue weighted by Gasteiger charge is 2.29. The molecule has 1 aliphatic carbocycles. The maximum absolute atomic E-state index is 4.63. The van der Waals surface area contributed by atoms with Crippen molar-refractivity contribution in [2.45, 2.75) is 38.1 Å². The molecule has 0 atom stereocenters. The summed E-state index contributed by atoms with van der Waals surface area (Å²) < 4.78 is 1.27. The van der Waals surface area contributed by atoms with Crippen molar-refractivity contribution < 1.29 is 0 Å². The molecule has 0 saturated heterocycles. The van der Waals surface area contributed by atoms with Gasteiger partial charge in [0.05, 0.1) is 10.2 Å². The third-order valence-electron chi connectivity index (χ3n) is 3.41. The van der Waals surface area contributed by atoms with Crippen molar-refractivity contribution in [1.29, 1.82) is 0 Å². The van der Waals surface area contributed by atoms with E-state index in [0.717, 1.165) is 10.6 Å². The van der Waals surface area contributed by atoms with Crippen LogP contribution in [0.4, 0.5) is 5.13 Å². The van der Waals surface area contributed by atoms with Crippen molar-refractivity contribution in [3.63, 3.8) is 0 Å². The molecule has 0 bridgehead atoms. The van der Waals surface area contributed by atoms with Crippen LogP contribution in [0.3, 0.4) is 0 Å². The van der Waals surface area contributed by atoms with Crippen LogP contribution in [-0.2, 0) is 0 Å². The quantitative estimate of drug-likeness (QED) is 0.845. The van der Waals surface area contributed by atoms with Crippen LogP contribution in [0.25, 0.3) is 10.2 Å². The van der Waals surface area contributed by atoms with Crippen molar-refractivity contribution in [1.82, 2.24) is 4.98 Å². The number of para-hydroxylation sites is 1. The van der Waals surface area contributed by atoms with Crippen molar-refractivity contribution in [3.8, 4) is 0 Å². The zero-order valence-electron chi connectivity index (χ0n) is 9.49. The van der Waals surface area contributed by atoms with Gasteiger partial charge >= 0.3 is 0 Å². The van der Waals surface area contributed by atoms with E-state index in [0.29, 0.717) is 0 Å². The monoisotopic (exact) mass is 232 g/mol. The summed E-state index contributed by atoms with van der Waals surface area (Å²) in [6.45, 7) is 2.31. The number of rotatable bonds is 2. The van der Waals surface area contributed by atoms with E-state index in [1.54, 1.807) is 11.3 Å². The lowest BCUT2D eigenvalue weighted by Crippen LogP contribution is -2.30. The van der Waals surface area contributed by atoms with Gasteiger partial charge in [0, 0.05) is 5.54 Å². The molecule has 0 spiro atoms. The maximum Gasteiger partial charge on any atom is 0.184 e. The molecule has 1 aliphatic rings. The van der Waals surface area contributed by atoms with E-state index in [9.17, 15) is 0 Å². The number of aromatic nitrogens is 1. The Hall–Kier alpha value is -1.09. The Morgan fingerprint density at radius 3 is 2.75 bits per heavy atom. The van der Waals surface area contributed by atoms with Crippen LogP contribution in [0.5, 0.6) is 0 Å². The van der Waals surface area contributed by atoms with Gasteiger partial charge in [-0.1, -0.05) is 36.3 Å². The molecule has 0 aliphatic heterocycles. The summed E-state index contributed by atoms with van der Waals surface area (Å²) in [6.07, 6.45) is 5.22. The fourth-order valence-corrected chi connectivity index (χ4v) is 3.48. The van der Waals surface area contributed by atoms with Gasteiger partial charge in [-0.3, -0.25) is 0 Å². The summed E-state index contributed by atoms with van der Waals surface area (Å²) in [5.74, 6) is 0. The first kappa shape index (κ1) is 10.1. The number of nitrogens with one attached hydrogen (secondary N) is 1. The van der Waals surface area contributed by atoms with Gasteiger partial charge in [0.2, 0.25) is 0 Å². The standard InChI is InChI=1S/C13H16N2S/c1-13(8-4-5-9-13)15-12-14-10-6-2-3-7-11(10)16-12/h2-3,6-7H,4-5,8-9H2,1H3,(H,14,15). The summed E-state index contributed by atoms with van der Waals surface area (Å²) in [5.41, 5.74) is 1.38. The first-order valence-corrected chi connectivity index (χ1v) is 6.71. The number of hydrogen-bond donors (Lipinski definition) is 1. The van der Waals surface area contributed by atoms with E-state index in [-0.39, 0.29) is 5.54 Å². The topological polar surface area (TPSA) is 24.9 Å². The van der Waals surface area contributed by atoms with E-state index in [1.807, 2.05) is 6.07 Å². The Kier molecular flexibility index (Phi) is 2.36.